The van der Waals surface area contributed by atoms with Crippen molar-refractivity contribution in [3.63, 3.8) is 0 Å². The van der Waals surface area contributed by atoms with E-state index in [-0.39, 0.29) is 0 Å². The highest BCUT2D eigenvalue weighted by Gasteiger charge is 2.01. The number of halogens is 1. The van der Waals surface area contributed by atoms with Crippen LogP contribution < -0.4 is 0 Å². The van der Waals surface area contributed by atoms with Crippen molar-refractivity contribution < 1.29 is 0 Å². The van der Waals surface area contributed by atoms with Gasteiger partial charge in [-0.1, -0.05) is 44.0 Å². The number of nitrogens with zero attached hydrogens (tertiary/aromatic N) is 1. The van der Waals surface area contributed by atoms with Gasteiger partial charge in [0.15, 0.2) is 0 Å². The van der Waals surface area contributed by atoms with Crippen LogP contribution in [0.4, 0.5) is 0 Å². The Balaban J connectivity index is 2.78. The Kier molecular flexibility index (Phi) is 5.41. The lowest BCUT2D eigenvalue weighted by Gasteiger charge is -2.04. The Morgan fingerprint density at radius 2 is 2.13 bits per heavy atom. The van der Waals surface area contributed by atoms with Crippen molar-refractivity contribution in [3.8, 4) is 0 Å². The maximum absolute atomic E-state index is 6.13. The van der Waals surface area contributed by atoms with Gasteiger partial charge >= 0.3 is 0 Å². The molecule has 0 aliphatic heterocycles. The van der Waals surface area contributed by atoms with Gasteiger partial charge in [-0.25, -0.2) is 0 Å². The van der Waals surface area contributed by atoms with Gasteiger partial charge in [0.25, 0.3) is 0 Å². The van der Waals surface area contributed by atoms with Crippen molar-refractivity contribution in [2.45, 2.75) is 33.1 Å². The predicted molar refractivity (Wildman–Crippen MR) is 68.2 cm³/mol. The standard InChI is InChI=1S/C13H18ClN/c1-3-5-9-15-10-12-11(4-2)7-6-8-13(12)14/h6-8,10H,3-5,9H2,1-2H3. The minimum absolute atomic E-state index is 0.801. The molecule has 0 bridgehead atoms. The van der Waals surface area contributed by atoms with Crippen LogP contribution in [-0.4, -0.2) is 12.8 Å². The van der Waals surface area contributed by atoms with E-state index in [2.05, 4.69) is 24.9 Å². The van der Waals surface area contributed by atoms with Gasteiger partial charge in [-0.2, -0.15) is 0 Å². The van der Waals surface area contributed by atoms with E-state index >= 15 is 0 Å². The quantitative estimate of drug-likeness (QED) is 0.526. The Hall–Kier alpha value is -0.820. The third-order valence-electron chi connectivity index (χ3n) is 2.39. The van der Waals surface area contributed by atoms with E-state index in [0.717, 1.165) is 30.0 Å². The molecule has 0 saturated heterocycles. The van der Waals surface area contributed by atoms with E-state index in [1.165, 1.54) is 12.0 Å². The molecule has 0 radical (unpaired) electrons. The topological polar surface area (TPSA) is 12.4 Å². The van der Waals surface area contributed by atoms with Crippen LogP contribution in [0.5, 0.6) is 0 Å². The number of hydrogen-bond acceptors (Lipinski definition) is 1. The van der Waals surface area contributed by atoms with Crippen LogP contribution in [0.15, 0.2) is 23.2 Å². The van der Waals surface area contributed by atoms with Crippen LogP contribution in [-0.2, 0) is 6.42 Å². The normalized spacial score (nSPS) is 11.1. The molecule has 0 spiro atoms. The fraction of sp³-hybridized carbons (Fsp3) is 0.462. The molecule has 82 valence electrons. The molecule has 0 amide bonds. The van der Waals surface area contributed by atoms with Gasteiger partial charge in [0.1, 0.15) is 0 Å². The Bertz CT molecular complexity index is 331. The second-order valence-corrected chi connectivity index (χ2v) is 3.96. The summed E-state index contributed by atoms with van der Waals surface area (Å²) in [6.07, 6.45) is 5.23. The summed E-state index contributed by atoms with van der Waals surface area (Å²) in [5.41, 5.74) is 2.35. The number of aliphatic imine (C=N–C) groups is 1. The lowest BCUT2D eigenvalue weighted by Crippen LogP contribution is -1.93. The first-order chi connectivity index (χ1) is 7.29. The molecule has 1 aromatic rings. The Labute approximate surface area is 97.2 Å². The third-order valence-corrected chi connectivity index (χ3v) is 2.71. The molecule has 1 aromatic carbocycles. The number of hydrogen-bond donors (Lipinski definition) is 0. The summed E-state index contributed by atoms with van der Waals surface area (Å²) in [7, 11) is 0. The largest absolute Gasteiger partial charge is 0.292 e. The zero-order valence-corrected chi connectivity index (χ0v) is 10.2. The van der Waals surface area contributed by atoms with E-state index in [1.54, 1.807) is 0 Å². The molecule has 0 aliphatic carbocycles. The van der Waals surface area contributed by atoms with Crippen LogP contribution in [0.3, 0.4) is 0 Å². The first-order valence-electron chi connectivity index (χ1n) is 5.56. The van der Waals surface area contributed by atoms with Crippen molar-refractivity contribution >= 4 is 17.8 Å². The number of aryl methyl sites for hydroxylation is 1. The average Bonchev–Trinajstić information content (AvgIpc) is 2.26. The fourth-order valence-electron chi connectivity index (χ4n) is 1.44. The van der Waals surface area contributed by atoms with Crippen LogP contribution in [0.2, 0.25) is 5.02 Å². The Morgan fingerprint density at radius 3 is 2.80 bits per heavy atom. The van der Waals surface area contributed by atoms with Gasteiger partial charge in [-0.3, -0.25) is 4.99 Å². The predicted octanol–water partition coefficient (Wildman–Crippen LogP) is 4.12. The molecule has 15 heavy (non-hydrogen) atoms. The first kappa shape index (κ1) is 12.3. The van der Waals surface area contributed by atoms with Crippen LogP contribution in [0.25, 0.3) is 0 Å². The molecule has 1 nitrogen and oxygen atoms in total. The maximum Gasteiger partial charge on any atom is 0.0496 e. The van der Waals surface area contributed by atoms with Crippen LogP contribution >= 0.6 is 11.6 Å². The summed E-state index contributed by atoms with van der Waals surface area (Å²) in [5.74, 6) is 0. The van der Waals surface area contributed by atoms with Crippen molar-refractivity contribution in [1.29, 1.82) is 0 Å². The van der Waals surface area contributed by atoms with Gasteiger partial charge in [0.2, 0.25) is 0 Å². The number of rotatable bonds is 5. The van der Waals surface area contributed by atoms with Gasteiger partial charge in [0.05, 0.1) is 0 Å². The third kappa shape index (κ3) is 3.67. The zero-order valence-electron chi connectivity index (χ0n) is 9.46. The Morgan fingerprint density at radius 1 is 1.33 bits per heavy atom. The minimum atomic E-state index is 0.801. The molecule has 0 atom stereocenters. The van der Waals surface area contributed by atoms with Crippen molar-refractivity contribution in [3.05, 3.63) is 34.3 Å². The lowest BCUT2D eigenvalue weighted by molar-refractivity contribution is 0.810. The number of benzene rings is 1. The molecule has 2 heteroatoms. The second kappa shape index (κ2) is 6.62. The van der Waals surface area contributed by atoms with Gasteiger partial charge in [-0.15, -0.1) is 0 Å². The van der Waals surface area contributed by atoms with E-state index in [1.807, 2.05) is 18.3 Å². The summed E-state index contributed by atoms with van der Waals surface area (Å²) in [6, 6.07) is 6.01. The summed E-state index contributed by atoms with van der Waals surface area (Å²) in [6.45, 7) is 5.20. The van der Waals surface area contributed by atoms with Crippen molar-refractivity contribution in [1.82, 2.24) is 0 Å². The molecule has 0 aliphatic rings. The highest BCUT2D eigenvalue weighted by Crippen LogP contribution is 2.18. The maximum atomic E-state index is 6.13. The molecular weight excluding hydrogens is 206 g/mol. The monoisotopic (exact) mass is 223 g/mol. The van der Waals surface area contributed by atoms with E-state index in [9.17, 15) is 0 Å². The lowest BCUT2D eigenvalue weighted by atomic mass is 10.1. The summed E-state index contributed by atoms with van der Waals surface area (Å²) in [5, 5.41) is 0.801. The molecule has 0 fully saturated rings. The highest BCUT2D eigenvalue weighted by molar-refractivity contribution is 6.33. The molecule has 0 aromatic heterocycles. The minimum Gasteiger partial charge on any atom is -0.292 e. The van der Waals surface area contributed by atoms with Gasteiger partial charge < -0.3 is 0 Å². The van der Waals surface area contributed by atoms with E-state index < -0.39 is 0 Å². The fourth-order valence-corrected chi connectivity index (χ4v) is 1.68. The van der Waals surface area contributed by atoms with E-state index in [4.69, 9.17) is 11.6 Å². The van der Waals surface area contributed by atoms with Crippen molar-refractivity contribution in [2.75, 3.05) is 6.54 Å². The molecule has 1 rings (SSSR count). The summed E-state index contributed by atoms with van der Waals surface area (Å²) >= 11 is 6.13. The van der Waals surface area contributed by atoms with Crippen LogP contribution in [0.1, 0.15) is 37.8 Å². The smallest absolute Gasteiger partial charge is 0.0496 e. The summed E-state index contributed by atoms with van der Waals surface area (Å²) < 4.78 is 0. The van der Waals surface area contributed by atoms with Gasteiger partial charge in [-0.05, 0) is 24.5 Å². The average molecular weight is 224 g/mol. The second-order valence-electron chi connectivity index (χ2n) is 3.56. The zero-order chi connectivity index (χ0) is 11.1. The molecular formula is C13H18ClN. The number of unbranched alkanes of at least 4 members (excludes halogenated alkanes) is 1. The molecule has 0 saturated carbocycles. The van der Waals surface area contributed by atoms with Crippen LogP contribution in [0, 0.1) is 0 Å². The van der Waals surface area contributed by atoms with Crippen molar-refractivity contribution in [2.24, 2.45) is 4.99 Å². The molecule has 0 heterocycles. The van der Waals surface area contributed by atoms with Gasteiger partial charge in [0, 0.05) is 23.3 Å². The molecule has 0 unspecified atom stereocenters. The SMILES string of the molecule is CCCCN=Cc1c(Cl)cccc1CC. The molecule has 0 N–H and O–H groups in total. The van der Waals surface area contributed by atoms with E-state index in [0.29, 0.717) is 0 Å². The highest BCUT2D eigenvalue weighted by atomic mass is 35.5. The summed E-state index contributed by atoms with van der Waals surface area (Å²) in [4.78, 5) is 4.39. The first-order valence-corrected chi connectivity index (χ1v) is 5.94.